The molecular weight excluding hydrogens is 408 g/mol. The zero-order chi connectivity index (χ0) is 22.5. The van der Waals surface area contributed by atoms with Gasteiger partial charge in [0.25, 0.3) is 0 Å². The van der Waals surface area contributed by atoms with Gasteiger partial charge in [-0.05, 0) is 58.4 Å². The molecule has 2 rings (SSSR count). The predicted molar refractivity (Wildman–Crippen MR) is 112 cm³/mol. The van der Waals surface area contributed by atoms with E-state index in [1.165, 1.54) is 16.2 Å². The number of esters is 1. The molecule has 8 nitrogen and oxygen atoms in total. The van der Waals surface area contributed by atoms with E-state index in [1.54, 1.807) is 45.2 Å². The molecule has 1 aromatic rings. The molecule has 0 bridgehead atoms. The van der Waals surface area contributed by atoms with E-state index in [9.17, 15) is 24.3 Å². The maximum atomic E-state index is 12.9. The molecule has 1 aromatic heterocycles. The third-order valence-electron chi connectivity index (χ3n) is 4.79. The van der Waals surface area contributed by atoms with Gasteiger partial charge in [-0.15, -0.1) is 11.3 Å². The van der Waals surface area contributed by atoms with Gasteiger partial charge in [0.15, 0.2) is 5.78 Å². The lowest BCUT2D eigenvalue weighted by Gasteiger charge is -2.30. The summed E-state index contributed by atoms with van der Waals surface area (Å²) in [5.74, 6) is -2.05. The third-order valence-corrected chi connectivity index (χ3v) is 5.70. The number of carbonyl (C=O) groups is 4. The van der Waals surface area contributed by atoms with Crippen molar-refractivity contribution in [2.24, 2.45) is 0 Å². The molecule has 30 heavy (non-hydrogen) atoms. The molecule has 2 N–H and O–H groups in total. The molecule has 1 aliphatic heterocycles. The van der Waals surface area contributed by atoms with Crippen LogP contribution in [-0.4, -0.2) is 63.9 Å². The number of carbonyl (C=O) groups excluding carboxylic acids is 3. The van der Waals surface area contributed by atoms with Crippen molar-refractivity contribution in [3.8, 4) is 0 Å². The Morgan fingerprint density at radius 3 is 2.60 bits per heavy atom. The number of hydrogen-bond donors (Lipinski definition) is 2. The smallest absolute Gasteiger partial charge is 0.329 e. The van der Waals surface area contributed by atoms with E-state index in [4.69, 9.17) is 4.74 Å². The lowest BCUT2D eigenvalue weighted by molar-refractivity contribution is -0.163. The summed E-state index contributed by atoms with van der Waals surface area (Å²) in [4.78, 5) is 51.2. The molecule has 2 heterocycles. The van der Waals surface area contributed by atoms with E-state index in [0.717, 1.165) is 0 Å². The van der Waals surface area contributed by atoms with Crippen molar-refractivity contribution in [2.45, 2.75) is 77.1 Å². The Labute approximate surface area is 180 Å². The van der Waals surface area contributed by atoms with Gasteiger partial charge in [-0.3, -0.25) is 19.7 Å². The van der Waals surface area contributed by atoms with Gasteiger partial charge in [0.1, 0.15) is 17.7 Å². The summed E-state index contributed by atoms with van der Waals surface area (Å²) in [7, 11) is 0. The van der Waals surface area contributed by atoms with Crippen LogP contribution in [0.1, 0.15) is 63.0 Å². The molecule has 1 aliphatic rings. The minimum Gasteiger partial charge on any atom is -0.480 e. The van der Waals surface area contributed by atoms with Crippen molar-refractivity contribution < 1.29 is 29.0 Å². The van der Waals surface area contributed by atoms with E-state index in [1.807, 2.05) is 0 Å². The molecule has 3 atom stereocenters. The highest BCUT2D eigenvalue weighted by molar-refractivity contribution is 7.12. The predicted octanol–water partition coefficient (Wildman–Crippen LogP) is 2.48. The molecule has 1 fully saturated rings. The van der Waals surface area contributed by atoms with Gasteiger partial charge in [0, 0.05) is 13.0 Å². The number of carboxylic acids is 1. The van der Waals surface area contributed by atoms with Gasteiger partial charge in [0.2, 0.25) is 5.91 Å². The van der Waals surface area contributed by atoms with Crippen molar-refractivity contribution in [3.05, 3.63) is 22.4 Å². The number of carboxylic acid groups (broad SMARTS) is 1. The van der Waals surface area contributed by atoms with Crippen LogP contribution in [0, 0.1) is 0 Å². The number of Topliss-reactive ketones (excluding diaryl/α,β-unsaturated/α-hetero) is 1. The highest BCUT2D eigenvalue weighted by atomic mass is 32.1. The minimum atomic E-state index is -1.13. The van der Waals surface area contributed by atoms with Crippen molar-refractivity contribution in [1.29, 1.82) is 0 Å². The van der Waals surface area contributed by atoms with E-state index in [0.29, 0.717) is 24.3 Å². The standard InChI is InChI=1S/C21H30N2O6S/c1-13(18(25)23-11-5-7-15(23)20(28)29-21(2,3)4)22-14(19(26)27)9-10-16(24)17-8-6-12-30-17/h6,8,12-15,22H,5,7,9-11H2,1-4H3,(H,26,27)/t13-,14?,15-/m0/s1. The molecule has 9 heteroatoms. The molecule has 0 aliphatic carbocycles. The number of rotatable bonds is 9. The molecule has 1 amide bonds. The monoisotopic (exact) mass is 438 g/mol. The molecule has 1 saturated heterocycles. The summed E-state index contributed by atoms with van der Waals surface area (Å²) in [5, 5.41) is 14.1. The first-order valence-corrected chi connectivity index (χ1v) is 11.0. The highest BCUT2D eigenvalue weighted by Crippen LogP contribution is 2.22. The number of likely N-dealkylation sites (tertiary alicyclic amines) is 1. The van der Waals surface area contributed by atoms with Crippen LogP contribution in [0.5, 0.6) is 0 Å². The quantitative estimate of drug-likeness (QED) is 0.450. The first-order valence-electron chi connectivity index (χ1n) is 10.1. The summed E-state index contributed by atoms with van der Waals surface area (Å²) in [6.07, 6.45) is 1.33. The van der Waals surface area contributed by atoms with Crippen LogP contribution in [0.2, 0.25) is 0 Å². The van der Waals surface area contributed by atoms with Gasteiger partial charge in [-0.2, -0.15) is 0 Å². The summed E-state index contributed by atoms with van der Waals surface area (Å²) in [6, 6.07) is 0.945. The number of hydrogen-bond acceptors (Lipinski definition) is 7. The Morgan fingerprint density at radius 1 is 1.33 bits per heavy atom. The summed E-state index contributed by atoms with van der Waals surface area (Å²) in [6.45, 7) is 7.30. The molecule has 0 radical (unpaired) electrons. The van der Waals surface area contributed by atoms with Crippen molar-refractivity contribution in [1.82, 2.24) is 10.2 Å². The number of aliphatic carboxylic acids is 1. The Bertz CT molecular complexity index is 771. The molecular formula is C21H30N2O6S. The molecule has 1 unspecified atom stereocenters. The van der Waals surface area contributed by atoms with Gasteiger partial charge in [-0.25, -0.2) is 4.79 Å². The van der Waals surface area contributed by atoms with Crippen LogP contribution in [0.25, 0.3) is 0 Å². The Hall–Kier alpha value is -2.26. The SMILES string of the molecule is C[C@H](NC(CCC(=O)c1cccs1)C(=O)O)C(=O)N1CCC[C@H]1C(=O)OC(C)(C)C. The first-order chi connectivity index (χ1) is 14.0. The third kappa shape index (κ3) is 6.63. The largest absolute Gasteiger partial charge is 0.480 e. The molecule has 0 spiro atoms. The lowest BCUT2D eigenvalue weighted by atomic mass is 10.1. The molecule has 166 valence electrons. The van der Waals surface area contributed by atoms with Crippen LogP contribution in [0.15, 0.2) is 17.5 Å². The second-order valence-corrected chi connectivity index (χ2v) is 9.39. The second kappa shape index (κ2) is 10.2. The van der Waals surface area contributed by atoms with Crippen molar-refractivity contribution in [3.63, 3.8) is 0 Å². The fourth-order valence-corrected chi connectivity index (χ4v) is 4.08. The number of nitrogens with zero attached hydrogens (tertiary/aromatic N) is 1. The number of nitrogens with one attached hydrogen (secondary N) is 1. The topological polar surface area (TPSA) is 113 Å². The molecule has 0 saturated carbocycles. The Morgan fingerprint density at radius 2 is 2.03 bits per heavy atom. The minimum absolute atomic E-state index is 0.0651. The highest BCUT2D eigenvalue weighted by Gasteiger charge is 2.39. The number of amides is 1. The average molecular weight is 439 g/mol. The van der Waals surface area contributed by atoms with Gasteiger partial charge >= 0.3 is 11.9 Å². The van der Waals surface area contributed by atoms with Crippen LogP contribution >= 0.6 is 11.3 Å². The van der Waals surface area contributed by atoms with Gasteiger partial charge in [0.05, 0.1) is 10.9 Å². The van der Waals surface area contributed by atoms with Gasteiger partial charge in [-0.1, -0.05) is 6.07 Å². The Kier molecular flexibility index (Phi) is 8.14. The number of thiophene rings is 1. The summed E-state index contributed by atoms with van der Waals surface area (Å²) >= 11 is 1.31. The van der Waals surface area contributed by atoms with Crippen molar-refractivity contribution >= 4 is 35.0 Å². The zero-order valence-corrected chi connectivity index (χ0v) is 18.7. The Balaban J connectivity index is 1.96. The maximum Gasteiger partial charge on any atom is 0.329 e. The second-order valence-electron chi connectivity index (χ2n) is 8.44. The van der Waals surface area contributed by atoms with E-state index >= 15 is 0 Å². The zero-order valence-electron chi connectivity index (χ0n) is 17.8. The molecule has 0 aromatic carbocycles. The van der Waals surface area contributed by atoms with E-state index in [2.05, 4.69) is 5.32 Å². The number of ketones is 1. The first kappa shape index (κ1) is 24.0. The lowest BCUT2D eigenvalue weighted by Crippen LogP contribution is -2.53. The van der Waals surface area contributed by atoms with Gasteiger partial charge < -0.3 is 14.7 Å². The van der Waals surface area contributed by atoms with Crippen LogP contribution in [0.3, 0.4) is 0 Å². The summed E-state index contributed by atoms with van der Waals surface area (Å²) in [5.41, 5.74) is -0.651. The fraction of sp³-hybridized carbons (Fsp3) is 0.619. The van der Waals surface area contributed by atoms with Crippen LogP contribution < -0.4 is 5.32 Å². The number of ether oxygens (including phenoxy) is 1. The van der Waals surface area contributed by atoms with E-state index in [-0.39, 0.29) is 24.5 Å². The van der Waals surface area contributed by atoms with Crippen LogP contribution in [-0.2, 0) is 19.1 Å². The van der Waals surface area contributed by atoms with Crippen LogP contribution in [0.4, 0.5) is 0 Å². The van der Waals surface area contributed by atoms with Crippen molar-refractivity contribution in [2.75, 3.05) is 6.54 Å². The normalized spacial score (nSPS) is 18.7. The maximum absolute atomic E-state index is 12.9. The average Bonchev–Trinajstić information content (AvgIpc) is 3.34. The van der Waals surface area contributed by atoms with E-state index < -0.39 is 35.7 Å². The fourth-order valence-electron chi connectivity index (χ4n) is 3.38. The summed E-state index contributed by atoms with van der Waals surface area (Å²) < 4.78 is 5.42.